The highest BCUT2D eigenvalue weighted by atomic mass is 79.9. The van der Waals surface area contributed by atoms with Gasteiger partial charge in [0.1, 0.15) is 10.1 Å². The SMILES string of the molecule is Fc1ccc(C(=S)Cl)c(Br)c1. The van der Waals surface area contributed by atoms with Gasteiger partial charge in [0.25, 0.3) is 0 Å². The molecular weight excluding hydrogens is 250 g/mol. The standard InChI is InChI=1S/C7H3BrClFS/c8-6-3-4(10)1-2-5(6)7(9)11/h1-3H. The van der Waals surface area contributed by atoms with E-state index in [0.29, 0.717) is 10.0 Å². The maximum atomic E-state index is 12.5. The van der Waals surface area contributed by atoms with E-state index in [1.165, 1.54) is 18.2 Å². The monoisotopic (exact) mass is 252 g/mol. The zero-order valence-electron chi connectivity index (χ0n) is 5.27. The quantitative estimate of drug-likeness (QED) is 0.545. The Bertz CT molecular complexity index is 300. The second-order valence-electron chi connectivity index (χ2n) is 1.90. The maximum Gasteiger partial charge on any atom is 0.124 e. The van der Waals surface area contributed by atoms with Crippen molar-refractivity contribution < 1.29 is 4.39 Å². The van der Waals surface area contributed by atoms with Crippen LogP contribution in [-0.4, -0.2) is 4.32 Å². The summed E-state index contributed by atoms with van der Waals surface area (Å²) >= 11 is 13.4. The summed E-state index contributed by atoms with van der Waals surface area (Å²) in [6.07, 6.45) is 0. The molecular formula is C7H3BrClFS. The van der Waals surface area contributed by atoms with Gasteiger partial charge in [0.15, 0.2) is 0 Å². The molecule has 0 spiro atoms. The first-order chi connectivity index (χ1) is 5.11. The van der Waals surface area contributed by atoms with E-state index in [9.17, 15) is 4.39 Å². The van der Waals surface area contributed by atoms with Crippen LogP contribution in [0.15, 0.2) is 22.7 Å². The molecule has 0 aliphatic carbocycles. The van der Waals surface area contributed by atoms with Crippen molar-refractivity contribution in [3.8, 4) is 0 Å². The summed E-state index contributed by atoms with van der Waals surface area (Å²) < 4.78 is 13.3. The van der Waals surface area contributed by atoms with Gasteiger partial charge in [-0.2, -0.15) is 0 Å². The molecule has 0 saturated heterocycles. The lowest BCUT2D eigenvalue weighted by atomic mass is 10.2. The molecule has 1 aromatic rings. The third-order valence-electron chi connectivity index (χ3n) is 1.14. The van der Waals surface area contributed by atoms with Gasteiger partial charge in [-0.25, -0.2) is 4.39 Å². The second kappa shape index (κ2) is 3.61. The van der Waals surface area contributed by atoms with Crippen molar-refractivity contribution in [2.45, 2.75) is 0 Å². The van der Waals surface area contributed by atoms with Crippen molar-refractivity contribution in [3.05, 3.63) is 34.1 Å². The Morgan fingerprint density at radius 3 is 2.64 bits per heavy atom. The van der Waals surface area contributed by atoms with Gasteiger partial charge in [-0.15, -0.1) is 0 Å². The molecule has 1 aromatic carbocycles. The summed E-state index contributed by atoms with van der Waals surface area (Å²) in [7, 11) is 0. The Kier molecular flexibility index (Phi) is 2.98. The fraction of sp³-hybridized carbons (Fsp3) is 0. The third kappa shape index (κ3) is 2.22. The average Bonchev–Trinajstić information content (AvgIpc) is 1.85. The molecule has 0 aliphatic heterocycles. The molecule has 0 fully saturated rings. The van der Waals surface area contributed by atoms with Crippen molar-refractivity contribution in [2.24, 2.45) is 0 Å². The van der Waals surface area contributed by atoms with Gasteiger partial charge in [-0.3, -0.25) is 0 Å². The molecule has 58 valence electrons. The van der Waals surface area contributed by atoms with E-state index in [2.05, 4.69) is 15.9 Å². The van der Waals surface area contributed by atoms with E-state index in [1.807, 2.05) is 0 Å². The molecule has 0 aliphatic rings. The van der Waals surface area contributed by atoms with E-state index >= 15 is 0 Å². The van der Waals surface area contributed by atoms with Gasteiger partial charge >= 0.3 is 0 Å². The summed E-state index contributed by atoms with van der Waals surface area (Å²) in [6.45, 7) is 0. The zero-order chi connectivity index (χ0) is 8.43. The van der Waals surface area contributed by atoms with Crippen LogP contribution in [0.1, 0.15) is 5.56 Å². The Hall–Kier alpha value is 0.01000. The lowest BCUT2D eigenvalue weighted by Gasteiger charge is -1.98. The first-order valence-electron chi connectivity index (χ1n) is 2.76. The van der Waals surface area contributed by atoms with Gasteiger partial charge in [0.05, 0.1) is 0 Å². The molecule has 0 heterocycles. The smallest absolute Gasteiger partial charge is 0.124 e. The summed E-state index contributed by atoms with van der Waals surface area (Å²) in [4.78, 5) is 0. The molecule has 1 rings (SSSR count). The van der Waals surface area contributed by atoms with Crippen LogP contribution < -0.4 is 0 Å². The number of thiocarbonyl (C=S) groups is 1. The van der Waals surface area contributed by atoms with E-state index in [1.54, 1.807) is 0 Å². The van der Waals surface area contributed by atoms with Crippen LogP contribution in [0, 0.1) is 5.82 Å². The zero-order valence-corrected chi connectivity index (χ0v) is 8.43. The van der Waals surface area contributed by atoms with Crippen LogP contribution in [0.25, 0.3) is 0 Å². The molecule has 0 saturated carbocycles. The van der Waals surface area contributed by atoms with Gasteiger partial charge in [0, 0.05) is 10.0 Å². The van der Waals surface area contributed by atoms with Gasteiger partial charge in [0.2, 0.25) is 0 Å². The normalized spacial score (nSPS) is 9.73. The number of hydrogen-bond donors (Lipinski definition) is 0. The van der Waals surface area contributed by atoms with E-state index in [0.717, 1.165) is 0 Å². The number of halogens is 3. The predicted octanol–water partition coefficient (Wildman–Crippen LogP) is 3.50. The molecule has 4 heteroatoms. The Labute approximate surface area is 82.5 Å². The van der Waals surface area contributed by atoms with Crippen LogP contribution in [0.5, 0.6) is 0 Å². The number of benzene rings is 1. The molecule has 0 N–H and O–H groups in total. The molecule has 0 radical (unpaired) electrons. The first kappa shape index (κ1) is 9.10. The highest BCUT2D eigenvalue weighted by molar-refractivity contribution is 9.10. The van der Waals surface area contributed by atoms with Crippen LogP contribution in [0.3, 0.4) is 0 Å². The highest BCUT2D eigenvalue weighted by Gasteiger charge is 2.03. The minimum atomic E-state index is -0.312. The van der Waals surface area contributed by atoms with E-state index in [4.69, 9.17) is 23.8 Å². The molecule has 0 atom stereocenters. The van der Waals surface area contributed by atoms with E-state index in [-0.39, 0.29) is 10.1 Å². The van der Waals surface area contributed by atoms with Crippen molar-refractivity contribution >= 4 is 44.1 Å². The fourth-order valence-electron chi connectivity index (χ4n) is 0.649. The molecule has 0 aromatic heterocycles. The Morgan fingerprint density at radius 1 is 1.55 bits per heavy atom. The van der Waals surface area contributed by atoms with Crippen molar-refractivity contribution in [2.75, 3.05) is 0 Å². The molecule has 11 heavy (non-hydrogen) atoms. The Balaban J connectivity index is 3.20. The molecule has 0 unspecified atom stereocenters. The van der Waals surface area contributed by atoms with Gasteiger partial charge in [-0.1, -0.05) is 23.8 Å². The summed E-state index contributed by atoms with van der Waals surface area (Å²) in [5, 5.41) is 0. The lowest BCUT2D eigenvalue weighted by Crippen LogP contribution is -1.89. The van der Waals surface area contributed by atoms with Crippen LogP contribution in [-0.2, 0) is 0 Å². The van der Waals surface area contributed by atoms with Crippen LogP contribution >= 0.6 is 39.7 Å². The molecule has 0 amide bonds. The molecule has 0 nitrogen and oxygen atoms in total. The summed E-state index contributed by atoms with van der Waals surface area (Å²) in [6, 6.07) is 4.17. The minimum Gasteiger partial charge on any atom is -0.207 e. The fourth-order valence-corrected chi connectivity index (χ4v) is 1.79. The Morgan fingerprint density at radius 2 is 2.18 bits per heavy atom. The highest BCUT2D eigenvalue weighted by Crippen LogP contribution is 2.20. The topological polar surface area (TPSA) is 0 Å². The summed E-state index contributed by atoms with van der Waals surface area (Å²) in [5.74, 6) is -0.312. The first-order valence-corrected chi connectivity index (χ1v) is 4.34. The minimum absolute atomic E-state index is 0.233. The van der Waals surface area contributed by atoms with Crippen molar-refractivity contribution in [3.63, 3.8) is 0 Å². The number of rotatable bonds is 1. The van der Waals surface area contributed by atoms with Gasteiger partial charge < -0.3 is 0 Å². The largest absolute Gasteiger partial charge is 0.207 e. The average molecular weight is 254 g/mol. The van der Waals surface area contributed by atoms with E-state index < -0.39 is 0 Å². The van der Waals surface area contributed by atoms with Gasteiger partial charge in [-0.05, 0) is 34.1 Å². The third-order valence-corrected chi connectivity index (χ3v) is 2.22. The second-order valence-corrected chi connectivity index (χ2v) is 3.76. The van der Waals surface area contributed by atoms with Crippen molar-refractivity contribution in [1.29, 1.82) is 0 Å². The summed E-state index contributed by atoms with van der Waals surface area (Å²) in [5.41, 5.74) is 0.642. The maximum absolute atomic E-state index is 12.5. The van der Waals surface area contributed by atoms with Crippen molar-refractivity contribution in [1.82, 2.24) is 0 Å². The number of hydrogen-bond acceptors (Lipinski definition) is 1. The lowest BCUT2D eigenvalue weighted by molar-refractivity contribution is 0.627. The molecule has 0 bridgehead atoms. The van der Waals surface area contributed by atoms with Crippen LogP contribution in [0.2, 0.25) is 0 Å². The predicted molar refractivity (Wildman–Crippen MR) is 51.7 cm³/mol. The van der Waals surface area contributed by atoms with Crippen LogP contribution in [0.4, 0.5) is 4.39 Å².